The maximum atomic E-state index is 12.9. The molecule has 2 aromatic rings. The second-order valence-corrected chi connectivity index (χ2v) is 8.21. The average molecular weight is 343 g/mol. The molecule has 4 nitrogen and oxygen atoms in total. The Labute approximate surface area is 147 Å². The van der Waals surface area contributed by atoms with Gasteiger partial charge in [-0.3, -0.25) is 9.20 Å². The highest BCUT2D eigenvalue weighted by Crippen LogP contribution is 2.36. The summed E-state index contributed by atoms with van der Waals surface area (Å²) in [4.78, 5) is 19.6. The number of thioether (sulfide) groups is 1. The van der Waals surface area contributed by atoms with Crippen molar-refractivity contribution in [2.45, 2.75) is 62.7 Å². The molecule has 0 spiro atoms. The Balaban J connectivity index is 1.42. The summed E-state index contributed by atoms with van der Waals surface area (Å²) in [5.41, 5.74) is 1.08. The lowest BCUT2D eigenvalue weighted by atomic mass is 9.86. The van der Waals surface area contributed by atoms with E-state index < -0.39 is 0 Å². The van der Waals surface area contributed by atoms with E-state index in [1.54, 1.807) is 11.8 Å². The number of nitrogens with zero attached hydrogens (tertiary/aromatic N) is 3. The third kappa shape index (κ3) is 3.32. The van der Waals surface area contributed by atoms with Crippen LogP contribution in [0.3, 0.4) is 0 Å². The summed E-state index contributed by atoms with van der Waals surface area (Å²) in [6.07, 6.45) is 11.1. The van der Waals surface area contributed by atoms with E-state index in [9.17, 15) is 4.79 Å². The van der Waals surface area contributed by atoms with E-state index in [0.29, 0.717) is 23.7 Å². The lowest BCUT2D eigenvalue weighted by molar-refractivity contribution is -0.132. The Kier molecular flexibility index (Phi) is 4.53. The summed E-state index contributed by atoms with van der Waals surface area (Å²) in [7, 11) is 0. The number of aromatic nitrogens is 2. The summed E-state index contributed by atoms with van der Waals surface area (Å²) >= 11 is 1.56. The first-order chi connectivity index (χ1) is 11.7. The summed E-state index contributed by atoms with van der Waals surface area (Å²) < 4.78 is 2.06. The molecule has 24 heavy (non-hydrogen) atoms. The lowest BCUT2D eigenvalue weighted by Crippen LogP contribution is -2.44. The molecule has 128 valence electrons. The molecule has 5 heteroatoms. The third-order valence-corrected chi connectivity index (χ3v) is 6.29. The molecule has 2 aliphatic rings. The van der Waals surface area contributed by atoms with Gasteiger partial charge in [0.15, 0.2) is 5.16 Å². The third-order valence-electron chi connectivity index (χ3n) is 5.34. The summed E-state index contributed by atoms with van der Waals surface area (Å²) in [6, 6.07) is 7.03. The molecular weight excluding hydrogens is 318 g/mol. The van der Waals surface area contributed by atoms with Crippen LogP contribution in [0.25, 0.3) is 5.52 Å². The molecule has 0 atom stereocenters. The Morgan fingerprint density at radius 3 is 2.62 bits per heavy atom. The minimum absolute atomic E-state index is 0.301. The van der Waals surface area contributed by atoms with E-state index in [1.807, 2.05) is 30.6 Å². The van der Waals surface area contributed by atoms with Crippen molar-refractivity contribution in [2.24, 2.45) is 5.92 Å². The number of hydrogen-bond acceptors (Lipinski definition) is 3. The van der Waals surface area contributed by atoms with Gasteiger partial charge in [-0.05, 0) is 56.6 Å². The Morgan fingerprint density at radius 2 is 1.92 bits per heavy atom. The number of hydrogen-bond donors (Lipinski definition) is 0. The molecule has 4 rings (SSSR count). The van der Waals surface area contributed by atoms with Crippen LogP contribution in [0, 0.1) is 5.92 Å². The van der Waals surface area contributed by atoms with Gasteiger partial charge in [0.25, 0.3) is 0 Å². The van der Waals surface area contributed by atoms with Crippen LogP contribution in [0.5, 0.6) is 0 Å². The molecule has 2 saturated carbocycles. The van der Waals surface area contributed by atoms with Crippen LogP contribution >= 0.6 is 11.8 Å². The van der Waals surface area contributed by atoms with Crippen LogP contribution in [0.15, 0.2) is 35.7 Å². The first-order valence-corrected chi connectivity index (χ1v) is 10.1. The molecule has 2 fully saturated rings. The zero-order valence-corrected chi connectivity index (χ0v) is 15.0. The van der Waals surface area contributed by atoms with E-state index in [0.717, 1.165) is 16.6 Å². The van der Waals surface area contributed by atoms with Crippen LogP contribution in [0.4, 0.5) is 0 Å². The van der Waals surface area contributed by atoms with Gasteiger partial charge < -0.3 is 4.90 Å². The van der Waals surface area contributed by atoms with Crippen molar-refractivity contribution in [3.63, 3.8) is 0 Å². The number of fused-ring (bicyclic) bond motifs is 1. The predicted molar refractivity (Wildman–Crippen MR) is 97.2 cm³/mol. The zero-order valence-electron chi connectivity index (χ0n) is 14.2. The fourth-order valence-electron chi connectivity index (χ4n) is 3.81. The van der Waals surface area contributed by atoms with E-state index >= 15 is 0 Å². The molecule has 2 aliphatic carbocycles. The van der Waals surface area contributed by atoms with Gasteiger partial charge in [0.1, 0.15) is 0 Å². The SMILES string of the molecule is CC1CCC(N(C(=O)CSc2ncc3ccccn23)C2CC2)CC1. The number of carbonyl (C=O) groups excluding carboxylic acids is 1. The quantitative estimate of drug-likeness (QED) is 0.770. The van der Waals surface area contributed by atoms with E-state index in [1.165, 1.54) is 38.5 Å². The van der Waals surface area contributed by atoms with Gasteiger partial charge in [0.2, 0.25) is 5.91 Å². The molecule has 0 radical (unpaired) electrons. The van der Waals surface area contributed by atoms with Crippen LogP contribution in [-0.4, -0.2) is 38.0 Å². The fourth-order valence-corrected chi connectivity index (χ4v) is 4.64. The van der Waals surface area contributed by atoms with Crippen molar-refractivity contribution in [3.05, 3.63) is 30.6 Å². The summed E-state index contributed by atoms with van der Waals surface area (Å²) in [5, 5.41) is 0.909. The predicted octanol–water partition coefficient (Wildman–Crippen LogP) is 4.00. The molecule has 1 amide bonds. The van der Waals surface area contributed by atoms with Gasteiger partial charge in [-0.2, -0.15) is 0 Å². The van der Waals surface area contributed by atoms with Gasteiger partial charge in [0, 0.05) is 18.3 Å². The second-order valence-electron chi connectivity index (χ2n) is 7.27. The monoisotopic (exact) mass is 343 g/mol. The maximum Gasteiger partial charge on any atom is 0.233 e. The smallest absolute Gasteiger partial charge is 0.233 e. The van der Waals surface area contributed by atoms with Crippen molar-refractivity contribution in [1.82, 2.24) is 14.3 Å². The summed E-state index contributed by atoms with van der Waals surface area (Å²) in [5.74, 6) is 1.62. The van der Waals surface area contributed by atoms with Crippen molar-refractivity contribution in [3.8, 4) is 0 Å². The van der Waals surface area contributed by atoms with Gasteiger partial charge in [-0.15, -0.1) is 0 Å². The molecule has 2 heterocycles. The van der Waals surface area contributed by atoms with Crippen molar-refractivity contribution < 1.29 is 4.79 Å². The lowest BCUT2D eigenvalue weighted by Gasteiger charge is -2.36. The molecule has 0 N–H and O–H groups in total. The number of amides is 1. The normalized spacial score (nSPS) is 24.2. The highest BCUT2D eigenvalue weighted by Gasteiger charge is 2.38. The molecule has 2 aromatic heterocycles. The second kappa shape index (κ2) is 6.79. The van der Waals surface area contributed by atoms with Crippen molar-refractivity contribution in [2.75, 3.05) is 5.75 Å². The first kappa shape index (κ1) is 16.0. The minimum atomic E-state index is 0.301. The molecule has 0 aliphatic heterocycles. The van der Waals surface area contributed by atoms with Gasteiger partial charge in [0.05, 0.1) is 17.5 Å². The van der Waals surface area contributed by atoms with Crippen LogP contribution in [-0.2, 0) is 4.79 Å². The van der Waals surface area contributed by atoms with Crippen molar-refractivity contribution in [1.29, 1.82) is 0 Å². The summed E-state index contributed by atoms with van der Waals surface area (Å²) in [6.45, 7) is 2.33. The Bertz CT molecular complexity index is 716. The molecule has 0 unspecified atom stereocenters. The number of imidazole rings is 1. The van der Waals surface area contributed by atoms with E-state index in [4.69, 9.17) is 0 Å². The molecule has 0 saturated heterocycles. The Hall–Kier alpha value is -1.49. The largest absolute Gasteiger partial charge is 0.336 e. The van der Waals surface area contributed by atoms with E-state index in [2.05, 4.69) is 21.2 Å². The highest BCUT2D eigenvalue weighted by atomic mass is 32.2. The average Bonchev–Trinajstić information content (AvgIpc) is 3.34. The fraction of sp³-hybridized carbons (Fsp3) is 0.579. The van der Waals surface area contributed by atoms with Gasteiger partial charge in [-0.25, -0.2) is 4.98 Å². The first-order valence-electron chi connectivity index (χ1n) is 9.08. The minimum Gasteiger partial charge on any atom is -0.336 e. The number of pyridine rings is 1. The number of rotatable bonds is 5. The number of carbonyl (C=O) groups is 1. The zero-order chi connectivity index (χ0) is 16.5. The van der Waals surface area contributed by atoms with Crippen LogP contribution in [0.1, 0.15) is 45.4 Å². The highest BCUT2D eigenvalue weighted by molar-refractivity contribution is 7.99. The topological polar surface area (TPSA) is 37.6 Å². The standard InChI is InChI=1S/C19H25N3OS/c1-14-5-7-15(8-6-14)22(16-9-10-16)18(23)13-24-19-20-12-17-4-2-3-11-21(17)19/h2-4,11-12,14-16H,5-10,13H2,1H3. The Morgan fingerprint density at radius 1 is 1.21 bits per heavy atom. The molecule has 0 aromatic carbocycles. The van der Waals surface area contributed by atoms with E-state index in [-0.39, 0.29) is 0 Å². The molecule has 0 bridgehead atoms. The van der Waals surface area contributed by atoms with Crippen LogP contribution in [0.2, 0.25) is 0 Å². The van der Waals surface area contributed by atoms with Gasteiger partial charge in [-0.1, -0.05) is 24.8 Å². The van der Waals surface area contributed by atoms with Crippen molar-refractivity contribution >= 4 is 23.2 Å². The maximum absolute atomic E-state index is 12.9. The van der Waals surface area contributed by atoms with Crippen LogP contribution < -0.4 is 0 Å². The molecular formula is C19H25N3OS. The van der Waals surface area contributed by atoms with Gasteiger partial charge >= 0.3 is 0 Å².